The first-order valence-electron chi connectivity index (χ1n) is 4.58. The second-order valence-electron chi connectivity index (χ2n) is 3.24. The zero-order chi connectivity index (χ0) is 10.8. The molecule has 0 spiro atoms. The van der Waals surface area contributed by atoms with Gasteiger partial charge in [0.25, 0.3) is 0 Å². The molecule has 0 saturated carbocycles. The van der Waals surface area contributed by atoms with Gasteiger partial charge in [-0.25, -0.2) is 0 Å². The standard InChI is InChI=1S/C10H11ClN2OS/c1-12-10(11)6-2-3-8-7(4-6)13-9(14)5-15-8/h2-4,10,12H,5H2,1H3,(H,13,14). The van der Waals surface area contributed by atoms with Crippen LogP contribution in [-0.2, 0) is 4.79 Å². The molecule has 15 heavy (non-hydrogen) atoms. The average Bonchev–Trinajstić information content (AvgIpc) is 2.27. The van der Waals surface area contributed by atoms with Gasteiger partial charge < -0.3 is 10.6 Å². The molecule has 1 aliphatic heterocycles. The molecule has 1 amide bonds. The number of hydrogen-bond acceptors (Lipinski definition) is 3. The number of alkyl halides is 1. The fraction of sp³-hybridized carbons (Fsp3) is 0.300. The molecule has 0 fully saturated rings. The van der Waals surface area contributed by atoms with E-state index in [1.54, 1.807) is 18.8 Å². The number of nitrogens with one attached hydrogen (secondary N) is 2. The minimum atomic E-state index is -0.223. The summed E-state index contributed by atoms with van der Waals surface area (Å²) in [5.74, 6) is 0.531. The van der Waals surface area contributed by atoms with Crippen molar-refractivity contribution in [3.8, 4) is 0 Å². The number of carbonyl (C=O) groups excluding carboxylic acids is 1. The van der Waals surface area contributed by atoms with E-state index in [1.807, 2.05) is 18.2 Å². The first kappa shape index (κ1) is 10.8. The van der Waals surface area contributed by atoms with Gasteiger partial charge in [0.15, 0.2) is 0 Å². The van der Waals surface area contributed by atoms with Crippen molar-refractivity contribution in [1.29, 1.82) is 0 Å². The van der Waals surface area contributed by atoms with Gasteiger partial charge in [-0.2, -0.15) is 0 Å². The summed E-state index contributed by atoms with van der Waals surface area (Å²) < 4.78 is 0. The van der Waals surface area contributed by atoms with E-state index in [2.05, 4.69) is 10.6 Å². The van der Waals surface area contributed by atoms with E-state index in [0.29, 0.717) is 5.75 Å². The third kappa shape index (κ3) is 2.27. The van der Waals surface area contributed by atoms with Crippen LogP contribution in [-0.4, -0.2) is 18.7 Å². The van der Waals surface area contributed by atoms with Crippen molar-refractivity contribution in [3.63, 3.8) is 0 Å². The van der Waals surface area contributed by atoms with Crippen LogP contribution in [0.3, 0.4) is 0 Å². The third-order valence-corrected chi connectivity index (χ3v) is 3.73. The second-order valence-corrected chi connectivity index (χ2v) is 4.70. The SMILES string of the molecule is CNC(Cl)c1ccc2c(c1)NC(=O)CS2. The summed E-state index contributed by atoms with van der Waals surface area (Å²) >= 11 is 7.59. The topological polar surface area (TPSA) is 41.1 Å². The molecule has 2 rings (SSSR count). The smallest absolute Gasteiger partial charge is 0.234 e. The Morgan fingerprint density at radius 3 is 3.13 bits per heavy atom. The van der Waals surface area contributed by atoms with E-state index >= 15 is 0 Å². The Balaban J connectivity index is 2.32. The predicted molar refractivity (Wildman–Crippen MR) is 63.4 cm³/mol. The zero-order valence-corrected chi connectivity index (χ0v) is 9.78. The molecule has 1 heterocycles. The number of amides is 1. The van der Waals surface area contributed by atoms with Gasteiger partial charge in [0.05, 0.1) is 11.4 Å². The zero-order valence-electron chi connectivity index (χ0n) is 8.21. The predicted octanol–water partition coefficient (Wildman–Crippen LogP) is 2.19. The summed E-state index contributed by atoms with van der Waals surface area (Å²) in [6.07, 6.45) is 0. The minimum absolute atomic E-state index is 0.0419. The van der Waals surface area contributed by atoms with Gasteiger partial charge in [-0.1, -0.05) is 6.07 Å². The summed E-state index contributed by atoms with van der Waals surface area (Å²) in [6, 6.07) is 5.87. The second kappa shape index (κ2) is 4.43. The fourth-order valence-electron chi connectivity index (χ4n) is 1.43. The first-order valence-corrected chi connectivity index (χ1v) is 6.01. The molecule has 3 nitrogen and oxygen atoms in total. The number of thioether (sulfide) groups is 1. The summed E-state index contributed by atoms with van der Waals surface area (Å²) in [4.78, 5) is 12.3. The number of anilines is 1. The van der Waals surface area contributed by atoms with Crippen LogP contribution in [0.5, 0.6) is 0 Å². The molecule has 80 valence electrons. The first-order chi connectivity index (χ1) is 7.20. The Morgan fingerprint density at radius 1 is 1.60 bits per heavy atom. The van der Waals surface area contributed by atoms with Gasteiger partial charge >= 0.3 is 0 Å². The van der Waals surface area contributed by atoms with Crippen molar-refractivity contribution in [2.45, 2.75) is 10.4 Å². The molecule has 0 radical (unpaired) electrons. The van der Waals surface area contributed by atoms with E-state index in [9.17, 15) is 4.79 Å². The molecule has 1 aliphatic rings. The molecule has 0 aromatic heterocycles. The van der Waals surface area contributed by atoms with Crippen LogP contribution in [0, 0.1) is 0 Å². The van der Waals surface area contributed by atoms with Gasteiger partial charge in [-0.05, 0) is 24.7 Å². The number of hydrogen-bond donors (Lipinski definition) is 2. The van der Waals surface area contributed by atoms with Crippen LogP contribution in [0.25, 0.3) is 0 Å². The molecule has 0 saturated heterocycles. The minimum Gasteiger partial charge on any atom is -0.324 e. The lowest BCUT2D eigenvalue weighted by Crippen LogP contribution is -2.19. The Morgan fingerprint density at radius 2 is 2.40 bits per heavy atom. The molecule has 1 atom stereocenters. The lowest BCUT2D eigenvalue weighted by Gasteiger charge is -2.18. The monoisotopic (exact) mass is 242 g/mol. The summed E-state index contributed by atoms with van der Waals surface area (Å²) in [7, 11) is 1.80. The summed E-state index contributed by atoms with van der Waals surface area (Å²) in [5, 5.41) is 5.78. The highest BCUT2D eigenvalue weighted by molar-refractivity contribution is 8.00. The van der Waals surface area contributed by atoms with Gasteiger partial charge in [-0.3, -0.25) is 4.79 Å². The van der Waals surface area contributed by atoms with Crippen LogP contribution < -0.4 is 10.6 Å². The number of halogens is 1. The molecule has 1 aromatic carbocycles. The van der Waals surface area contributed by atoms with Gasteiger partial charge in [0, 0.05) is 4.90 Å². The van der Waals surface area contributed by atoms with E-state index in [0.717, 1.165) is 16.1 Å². The highest BCUT2D eigenvalue weighted by Gasteiger charge is 2.16. The van der Waals surface area contributed by atoms with Crippen molar-refractivity contribution in [2.24, 2.45) is 0 Å². The van der Waals surface area contributed by atoms with Crippen LogP contribution >= 0.6 is 23.4 Å². The molecule has 5 heteroatoms. The number of fused-ring (bicyclic) bond motifs is 1. The number of rotatable bonds is 2. The van der Waals surface area contributed by atoms with Crippen molar-refractivity contribution in [1.82, 2.24) is 5.32 Å². The van der Waals surface area contributed by atoms with Crippen LogP contribution in [0.15, 0.2) is 23.1 Å². The van der Waals surface area contributed by atoms with E-state index in [1.165, 1.54) is 0 Å². The molecule has 0 aliphatic carbocycles. The Hall–Kier alpha value is -0.710. The van der Waals surface area contributed by atoms with Crippen LogP contribution in [0.4, 0.5) is 5.69 Å². The fourth-order valence-corrected chi connectivity index (χ4v) is 2.35. The summed E-state index contributed by atoms with van der Waals surface area (Å²) in [6.45, 7) is 0. The molecule has 2 N–H and O–H groups in total. The lowest BCUT2D eigenvalue weighted by molar-refractivity contribution is -0.113. The van der Waals surface area contributed by atoms with Crippen molar-refractivity contribution < 1.29 is 4.79 Å². The third-order valence-electron chi connectivity index (χ3n) is 2.18. The van der Waals surface area contributed by atoms with Crippen molar-refractivity contribution in [3.05, 3.63) is 23.8 Å². The van der Waals surface area contributed by atoms with E-state index in [-0.39, 0.29) is 11.4 Å². The van der Waals surface area contributed by atoms with Crippen LogP contribution in [0.2, 0.25) is 0 Å². The van der Waals surface area contributed by atoms with Crippen molar-refractivity contribution >= 4 is 35.0 Å². The van der Waals surface area contributed by atoms with Gasteiger partial charge in [0.2, 0.25) is 5.91 Å². The van der Waals surface area contributed by atoms with Crippen molar-refractivity contribution in [2.75, 3.05) is 18.1 Å². The molecule has 0 bridgehead atoms. The largest absolute Gasteiger partial charge is 0.324 e. The maximum Gasteiger partial charge on any atom is 0.234 e. The van der Waals surface area contributed by atoms with Gasteiger partial charge in [-0.15, -0.1) is 23.4 Å². The number of carbonyl (C=O) groups is 1. The quantitative estimate of drug-likeness (QED) is 0.617. The van der Waals surface area contributed by atoms with Crippen LogP contribution in [0.1, 0.15) is 11.1 Å². The molecular weight excluding hydrogens is 232 g/mol. The molecule has 1 aromatic rings. The summed E-state index contributed by atoms with van der Waals surface area (Å²) in [5.41, 5.74) is 1.59. The average molecular weight is 243 g/mol. The van der Waals surface area contributed by atoms with Gasteiger partial charge in [0.1, 0.15) is 5.50 Å². The Labute approximate surface area is 97.6 Å². The molecular formula is C10H11ClN2OS. The van der Waals surface area contributed by atoms with E-state index < -0.39 is 0 Å². The Kier molecular flexibility index (Phi) is 3.19. The maximum absolute atomic E-state index is 11.2. The highest BCUT2D eigenvalue weighted by atomic mass is 35.5. The lowest BCUT2D eigenvalue weighted by atomic mass is 10.2. The highest BCUT2D eigenvalue weighted by Crippen LogP contribution is 2.33. The normalized spacial score (nSPS) is 16.8. The number of benzene rings is 1. The van der Waals surface area contributed by atoms with E-state index in [4.69, 9.17) is 11.6 Å². The maximum atomic E-state index is 11.2. The Bertz CT molecular complexity index is 397. The molecule has 1 unspecified atom stereocenters.